The normalized spacial score (nSPS) is 10.4. The smallest absolute Gasteiger partial charge is 0.146 e. The van der Waals surface area contributed by atoms with Gasteiger partial charge in [0.1, 0.15) is 23.1 Å². The lowest BCUT2D eigenvalue weighted by molar-refractivity contribution is 0.466. The molecule has 5 heteroatoms. The number of ether oxygens (including phenoxy) is 1. The van der Waals surface area contributed by atoms with Crippen molar-refractivity contribution in [2.75, 3.05) is 0 Å². The highest BCUT2D eigenvalue weighted by molar-refractivity contribution is 6.32. The second kappa shape index (κ2) is 5.33. The van der Waals surface area contributed by atoms with E-state index >= 15 is 0 Å². The van der Waals surface area contributed by atoms with Crippen molar-refractivity contribution in [2.45, 2.75) is 6.54 Å². The molecule has 0 bridgehead atoms. The summed E-state index contributed by atoms with van der Waals surface area (Å²) >= 11 is 5.82. The minimum Gasteiger partial charge on any atom is -0.455 e. The Morgan fingerprint density at radius 3 is 2.56 bits per heavy atom. The van der Waals surface area contributed by atoms with Crippen LogP contribution in [0.4, 0.5) is 8.78 Å². The first kappa shape index (κ1) is 12.8. The third kappa shape index (κ3) is 2.60. The maximum Gasteiger partial charge on any atom is 0.146 e. The molecule has 2 nitrogen and oxygen atoms in total. The van der Waals surface area contributed by atoms with Crippen LogP contribution in [0.2, 0.25) is 5.02 Å². The van der Waals surface area contributed by atoms with Gasteiger partial charge < -0.3 is 10.5 Å². The van der Waals surface area contributed by atoms with Crippen LogP contribution in [0, 0.1) is 11.6 Å². The van der Waals surface area contributed by atoms with Gasteiger partial charge in [0.25, 0.3) is 0 Å². The summed E-state index contributed by atoms with van der Waals surface area (Å²) in [5.74, 6) is -0.400. The van der Waals surface area contributed by atoms with Crippen molar-refractivity contribution in [1.82, 2.24) is 0 Å². The van der Waals surface area contributed by atoms with Crippen LogP contribution < -0.4 is 10.5 Å². The molecule has 18 heavy (non-hydrogen) atoms. The molecule has 0 aromatic heterocycles. The maximum absolute atomic E-state index is 13.5. The van der Waals surface area contributed by atoms with Gasteiger partial charge in [-0.25, -0.2) is 8.78 Å². The molecule has 2 N–H and O–H groups in total. The van der Waals surface area contributed by atoms with Gasteiger partial charge in [-0.2, -0.15) is 0 Å². The summed E-state index contributed by atoms with van der Waals surface area (Å²) in [5, 5.41) is 0.113. The molecule has 94 valence electrons. The Balaban J connectivity index is 2.37. The topological polar surface area (TPSA) is 35.2 Å². The Morgan fingerprint density at radius 2 is 1.89 bits per heavy atom. The fourth-order valence-electron chi connectivity index (χ4n) is 1.51. The molecule has 0 fully saturated rings. The van der Waals surface area contributed by atoms with E-state index in [1.165, 1.54) is 24.3 Å². The van der Waals surface area contributed by atoms with E-state index in [9.17, 15) is 8.78 Å². The van der Waals surface area contributed by atoms with Gasteiger partial charge in [0.15, 0.2) is 0 Å². The van der Waals surface area contributed by atoms with Gasteiger partial charge in [-0.05, 0) is 30.3 Å². The maximum atomic E-state index is 13.5. The molecule has 0 aliphatic carbocycles. The summed E-state index contributed by atoms with van der Waals surface area (Å²) in [7, 11) is 0. The molecule has 0 atom stereocenters. The van der Waals surface area contributed by atoms with Crippen molar-refractivity contribution >= 4 is 11.6 Å². The lowest BCUT2D eigenvalue weighted by Gasteiger charge is -2.11. The van der Waals surface area contributed by atoms with Gasteiger partial charge in [0.05, 0.1) is 5.02 Å². The van der Waals surface area contributed by atoms with E-state index in [0.717, 1.165) is 6.07 Å². The van der Waals surface area contributed by atoms with Gasteiger partial charge in [0.2, 0.25) is 0 Å². The number of hydrogen-bond donors (Lipinski definition) is 1. The lowest BCUT2D eigenvalue weighted by Crippen LogP contribution is -2.02. The predicted molar refractivity (Wildman–Crippen MR) is 65.8 cm³/mol. The first-order chi connectivity index (χ1) is 8.61. The van der Waals surface area contributed by atoms with E-state index in [2.05, 4.69) is 0 Å². The van der Waals surface area contributed by atoms with Gasteiger partial charge in [0, 0.05) is 12.1 Å². The summed E-state index contributed by atoms with van der Waals surface area (Å²) in [4.78, 5) is 0. The molecule has 0 unspecified atom stereocenters. The fourth-order valence-corrected chi connectivity index (χ4v) is 1.71. The Morgan fingerprint density at radius 1 is 1.11 bits per heavy atom. The standard InChI is InChI=1S/C13H10ClF2NO/c14-10-6-8(15)4-5-13(10)18-12-3-1-2-11(16)9(12)7-17/h1-6H,7,17H2. The minimum atomic E-state index is -0.467. The van der Waals surface area contributed by atoms with Crippen LogP contribution in [0.3, 0.4) is 0 Å². The van der Waals surface area contributed by atoms with Crippen molar-refractivity contribution in [2.24, 2.45) is 5.73 Å². The first-order valence-electron chi connectivity index (χ1n) is 5.22. The second-order valence-corrected chi connectivity index (χ2v) is 4.00. The fraction of sp³-hybridized carbons (Fsp3) is 0.0769. The van der Waals surface area contributed by atoms with Gasteiger partial charge in [-0.15, -0.1) is 0 Å². The summed E-state index contributed by atoms with van der Waals surface area (Å²) < 4.78 is 31.8. The second-order valence-electron chi connectivity index (χ2n) is 3.60. The molecule has 0 spiro atoms. The van der Waals surface area contributed by atoms with E-state index in [1.54, 1.807) is 6.07 Å². The SMILES string of the molecule is NCc1c(F)cccc1Oc1ccc(F)cc1Cl. The zero-order valence-corrected chi connectivity index (χ0v) is 10.0. The number of benzene rings is 2. The lowest BCUT2D eigenvalue weighted by atomic mass is 10.2. The van der Waals surface area contributed by atoms with Crippen LogP contribution in [0.15, 0.2) is 36.4 Å². The van der Waals surface area contributed by atoms with Crippen molar-refractivity contribution in [3.05, 3.63) is 58.6 Å². The van der Waals surface area contributed by atoms with Crippen LogP contribution in [0.25, 0.3) is 0 Å². The molecule has 0 aliphatic heterocycles. The third-order valence-electron chi connectivity index (χ3n) is 2.39. The van der Waals surface area contributed by atoms with E-state index in [1.807, 2.05) is 0 Å². The van der Waals surface area contributed by atoms with E-state index in [4.69, 9.17) is 22.1 Å². The van der Waals surface area contributed by atoms with Crippen molar-refractivity contribution < 1.29 is 13.5 Å². The first-order valence-corrected chi connectivity index (χ1v) is 5.60. The number of halogens is 3. The Kier molecular flexibility index (Phi) is 3.79. The van der Waals surface area contributed by atoms with Crippen LogP contribution in [0.5, 0.6) is 11.5 Å². The van der Waals surface area contributed by atoms with Crippen molar-refractivity contribution in [3.63, 3.8) is 0 Å². The number of nitrogens with two attached hydrogens (primary N) is 1. The average molecular weight is 270 g/mol. The Hall–Kier alpha value is -1.65. The molecule has 0 amide bonds. The molecule has 0 aliphatic rings. The summed E-state index contributed by atoms with van der Waals surface area (Å²) in [6, 6.07) is 8.08. The number of rotatable bonds is 3. The molecule has 2 aromatic rings. The number of hydrogen-bond acceptors (Lipinski definition) is 2. The zero-order chi connectivity index (χ0) is 13.1. The van der Waals surface area contributed by atoms with Crippen LogP contribution in [0.1, 0.15) is 5.56 Å². The molecule has 2 rings (SSSR count). The van der Waals surface area contributed by atoms with Crippen LogP contribution in [-0.4, -0.2) is 0 Å². The Bertz CT molecular complexity index is 575. The average Bonchev–Trinajstić information content (AvgIpc) is 2.33. The quantitative estimate of drug-likeness (QED) is 0.918. The highest BCUT2D eigenvalue weighted by Gasteiger charge is 2.11. The summed E-state index contributed by atoms with van der Waals surface area (Å²) in [5.41, 5.74) is 5.70. The molecular weight excluding hydrogens is 260 g/mol. The highest BCUT2D eigenvalue weighted by Crippen LogP contribution is 2.32. The molecule has 0 saturated heterocycles. The Labute approximate surface area is 108 Å². The molecule has 2 aromatic carbocycles. The molecule has 0 heterocycles. The van der Waals surface area contributed by atoms with Crippen LogP contribution in [-0.2, 0) is 6.54 Å². The zero-order valence-electron chi connectivity index (χ0n) is 9.29. The summed E-state index contributed by atoms with van der Waals surface area (Å²) in [6.07, 6.45) is 0. The molecule has 0 radical (unpaired) electrons. The van der Waals surface area contributed by atoms with Gasteiger partial charge >= 0.3 is 0 Å². The van der Waals surface area contributed by atoms with Gasteiger partial charge in [-0.1, -0.05) is 17.7 Å². The molecule has 0 saturated carbocycles. The van der Waals surface area contributed by atoms with Crippen molar-refractivity contribution in [1.29, 1.82) is 0 Å². The summed E-state index contributed by atoms with van der Waals surface area (Å²) in [6.45, 7) is 0.000814. The van der Waals surface area contributed by atoms with E-state index < -0.39 is 11.6 Å². The predicted octanol–water partition coefficient (Wildman–Crippen LogP) is 3.87. The highest BCUT2D eigenvalue weighted by atomic mass is 35.5. The largest absolute Gasteiger partial charge is 0.455 e. The van der Waals surface area contributed by atoms with Gasteiger partial charge in [-0.3, -0.25) is 0 Å². The van der Waals surface area contributed by atoms with Crippen molar-refractivity contribution in [3.8, 4) is 11.5 Å². The van der Waals surface area contributed by atoms with E-state index in [-0.39, 0.29) is 28.6 Å². The van der Waals surface area contributed by atoms with E-state index in [0.29, 0.717) is 0 Å². The molecular formula is C13H10ClF2NO. The monoisotopic (exact) mass is 269 g/mol. The third-order valence-corrected chi connectivity index (χ3v) is 2.69. The minimum absolute atomic E-state index is 0.000814. The van der Waals surface area contributed by atoms with Crippen LogP contribution >= 0.6 is 11.6 Å².